The number of thiol groups is 1. The number of carbonyl (C=O) groups excluding carboxylic acids is 1. The van der Waals surface area contributed by atoms with Gasteiger partial charge in [0, 0.05) is 0 Å². The smallest absolute Gasteiger partial charge is 0.252 e. The van der Waals surface area contributed by atoms with Crippen LogP contribution in [0.1, 0.15) is 13.8 Å². The molecule has 3 nitrogen and oxygen atoms in total. The molecule has 0 aliphatic carbocycles. The summed E-state index contributed by atoms with van der Waals surface area (Å²) >= 11 is 4.03. The van der Waals surface area contributed by atoms with E-state index >= 15 is 0 Å². The molecule has 0 aromatic heterocycles. The van der Waals surface area contributed by atoms with Crippen molar-refractivity contribution in [2.45, 2.75) is 24.8 Å². The molecule has 5 heteroatoms. The Hall–Kier alpha value is 0.130. The number of epoxide rings is 1. The van der Waals surface area contributed by atoms with Gasteiger partial charge < -0.3 is 10.1 Å². The molecule has 1 atom stereocenters. The van der Waals surface area contributed by atoms with Crippen LogP contribution < -0.4 is 5.32 Å². The highest BCUT2D eigenvalue weighted by Crippen LogP contribution is 2.25. The monoisotopic (exact) mass is 193 g/mol. The Kier molecular flexibility index (Phi) is 2.72. The van der Waals surface area contributed by atoms with E-state index in [1.807, 2.05) is 13.8 Å². The van der Waals surface area contributed by atoms with Crippen molar-refractivity contribution in [2.75, 3.05) is 6.61 Å². The van der Waals surface area contributed by atoms with Crippen molar-refractivity contribution in [2.24, 2.45) is 0 Å². The largest absolute Gasteiger partial charge is 0.363 e. The zero-order valence-corrected chi connectivity index (χ0v) is 8.17. The fourth-order valence-corrected chi connectivity index (χ4v) is 0.883. The van der Waals surface area contributed by atoms with Crippen LogP contribution in [0.5, 0.6) is 0 Å². The summed E-state index contributed by atoms with van der Waals surface area (Å²) in [5, 5.41) is 2.79. The van der Waals surface area contributed by atoms with Crippen LogP contribution in [0.2, 0.25) is 0 Å². The number of rotatable bonds is 3. The minimum atomic E-state index is -0.313. The quantitative estimate of drug-likeness (QED) is 0.302. The van der Waals surface area contributed by atoms with Crippen molar-refractivity contribution in [1.29, 1.82) is 0 Å². The topological polar surface area (TPSA) is 41.6 Å². The fraction of sp³-hybridized carbons (Fsp3) is 0.833. The first-order chi connectivity index (χ1) is 5.05. The van der Waals surface area contributed by atoms with Crippen LogP contribution in [0.25, 0.3) is 0 Å². The van der Waals surface area contributed by atoms with Crippen LogP contribution in [0.4, 0.5) is 0 Å². The molecule has 11 heavy (non-hydrogen) atoms. The third kappa shape index (κ3) is 2.92. The van der Waals surface area contributed by atoms with Crippen molar-refractivity contribution >= 4 is 28.4 Å². The van der Waals surface area contributed by atoms with Gasteiger partial charge in [-0.2, -0.15) is 0 Å². The molecule has 0 spiro atoms. The van der Waals surface area contributed by atoms with Gasteiger partial charge in [-0.15, -0.1) is 11.7 Å². The predicted octanol–water partition coefficient (Wildman–Crippen LogP) is 0.815. The second kappa shape index (κ2) is 3.25. The Balaban J connectivity index is 2.33. The van der Waals surface area contributed by atoms with Crippen LogP contribution >= 0.6 is 22.5 Å². The average Bonchev–Trinajstić information content (AvgIpc) is 2.67. The molecule has 64 valence electrons. The number of ether oxygens (including phenoxy) is 1. The normalized spacial score (nSPS) is 23.0. The highest BCUT2D eigenvalue weighted by Gasteiger charge is 2.34. The van der Waals surface area contributed by atoms with E-state index < -0.39 is 0 Å². The molecule has 1 fully saturated rings. The molecule has 1 aliphatic heterocycles. The molecule has 1 rings (SSSR count). The van der Waals surface area contributed by atoms with Gasteiger partial charge in [-0.1, -0.05) is 10.8 Å². The van der Waals surface area contributed by atoms with Crippen LogP contribution in [-0.2, 0) is 9.53 Å². The number of carbonyl (C=O) groups is 1. The summed E-state index contributed by atoms with van der Waals surface area (Å²) in [6.07, 6.45) is -0.213. The molecular formula is C6H11NO2S2. The van der Waals surface area contributed by atoms with E-state index in [9.17, 15) is 4.79 Å². The Labute approximate surface area is 75.1 Å². The Morgan fingerprint density at radius 1 is 1.82 bits per heavy atom. The van der Waals surface area contributed by atoms with Crippen molar-refractivity contribution in [3.05, 3.63) is 0 Å². The van der Waals surface area contributed by atoms with E-state index in [1.165, 1.54) is 10.8 Å². The van der Waals surface area contributed by atoms with Gasteiger partial charge in [0.1, 0.15) is 0 Å². The van der Waals surface area contributed by atoms with Crippen LogP contribution in [0.3, 0.4) is 0 Å². The summed E-state index contributed by atoms with van der Waals surface area (Å²) in [7, 11) is 1.31. The van der Waals surface area contributed by atoms with Gasteiger partial charge >= 0.3 is 0 Å². The number of nitrogens with one attached hydrogen (secondary N) is 1. The van der Waals surface area contributed by atoms with Gasteiger partial charge in [0.25, 0.3) is 5.91 Å². The second-order valence-electron chi connectivity index (χ2n) is 2.91. The van der Waals surface area contributed by atoms with Crippen molar-refractivity contribution in [3.63, 3.8) is 0 Å². The van der Waals surface area contributed by atoms with Crippen LogP contribution in [-0.4, -0.2) is 23.5 Å². The van der Waals surface area contributed by atoms with Gasteiger partial charge in [0.15, 0.2) is 6.10 Å². The first-order valence-corrected chi connectivity index (χ1v) is 5.18. The lowest BCUT2D eigenvalue weighted by atomic mass is 10.3. The lowest BCUT2D eigenvalue weighted by Crippen LogP contribution is -2.42. The van der Waals surface area contributed by atoms with Gasteiger partial charge in [0.2, 0.25) is 0 Å². The SMILES string of the molecule is CC(C)(NC(=O)C1CO1)SS. The van der Waals surface area contributed by atoms with Crippen molar-refractivity contribution < 1.29 is 9.53 Å². The summed E-state index contributed by atoms with van der Waals surface area (Å²) in [4.78, 5) is 10.8. The Bertz CT molecular complexity index is 168. The van der Waals surface area contributed by atoms with Crippen molar-refractivity contribution in [3.8, 4) is 0 Å². The molecule has 0 aromatic carbocycles. The van der Waals surface area contributed by atoms with E-state index in [1.54, 1.807) is 0 Å². The summed E-state index contributed by atoms with van der Waals surface area (Å²) in [6, 6.07) is 0. The summed E-state index contributed by atoms with van der Waals surface area (Å²) in [5.41, 5.74) is 0. The van der Waals surface area contributed by atoms with Gasteiger partial charge in [-0.05, 0) is 13.8 Å². The zero-order chi connectivity index (χ0) is 8.48. The molecular weight excluding hydrogens is 182 g/mol. The maximum Gasteiger partial charge on any atom is 0.252 e. The van der Waals surface area contributed by atoms with E-state index in [2.05, 4.69) is 17.0 Å². The number of hydrogen-bond acceptors (Lipinski definition) is 4. The lowest BCUT2D eigenvalue weighted by Gasteiger charge is -2.21. The van der Waals surface area contributed by atoms with Gasteiger partial charge in [0.05, 0.1) is 11.5 Å². The second-order valence-corrected chi connectivity index (χ2v) is 4.66. The van der Waals surface area contributed by atoms with E-state index in [0.29, 0.717) is 6.61 Å². The van der Waals surface area contributed by atoms with Crippen molar-refractivity contribution in [1.82, 2.24) is 5.32 Å². The zero-order valence-electron chi connectivity index (χ0n) is 6.46. The van der Waals surface area contributed by atoms with Crippen LogP contribution in [0, 0.1) is 0 Å². The highest BCUT2D eigenvalue weighted by molar-refractivity contribution is 8.69. The van der Waals surface area contributed by atoms with Gasteiger partial charge in [-0.3, -0.25) is 4.79 Å². The standard InChI is InChI=1S/C6H11NO2S2/c1-6(2,11-10)7-5(8)4-3-9-4/h4,10H,3H2,1-2H3,(H,7,8). The molecule has 1 aliphatic rings. The minimum Gasteiger partial charge on any atom is -0.363 e. The molecule has 1 N–H and O–H groups in total. The number of hydrogen-bond donors (Lipinski definition) is 2. The fourth-order valence-electron chi connectivity index (χ4n) is 0.599. The molecule has 1 heterocycles. The van der Waals surface area contributed by atoms with Crippen LogP contribution in [0.15, 0.2) is 0 Å². The van der Waals surface area contributed by atoms with E-state index in [0.717, 1.165) is 0 Å². The summed E-state index contributed by atoms with van der Waals surface area (Å²) < 4.78 is 4.81. The van der Waals surface area contributed by atoms with Gasteiger partial charge in [-0.25, -0.2) is 0 Å². The maximum absolute atomic E-state index is 11.1. The average molecular weight is 193 g/mol. The highest BCUT2D eigenvalue weighted by atomic mass is 33.1. The molecule has 0 saturated carbocycles. The van der Waals surface area contributed by atoms with E-state index in [-0.39, 0.29) is 16.9 Å². The number of amides is 1. The Morgan fingerprint density at radius 2 is 2.36 bits per heavy atom. The molecule has 1 amide bonds. The minimum absolute atomic E-state index is 0.0449. The molecule has 0 bridgehead atoms. The summed E-state index contributed by atoms with van der Waals surface area (Å²) in [6.45, 7) is 4.34. The predicted molar refractivity (Wildman–Crippen MR) is 48.5 cm³/mol. The third-order valence-corrected chi connectivity index (χ3v) is 3.21. The molecule has 0 aromatic rings. The molecule has 1 unspecified atom stereocenters. The summed E-state index contributed by atoms with van der Waals surface area (Å²) in [5.74, 6) is -0.0449. The lowest BCUT2D eigenvalue weighted by molar-refractivity contribution is -0.123. The molecule has 1 saturated heterocycles. The van der Waals surface area contributed by atoms with E-state index in [4.69, 9.17) is 4.74 Å². The third-order valence-electron chi connectivity index (χ3n) is 1.28. The first-order valence-electron chi connectivity index (χ1n) is 3.31. The first kappa shape index (κ1) is 9.22. The Morgan fingerprint density at radius 3 is 2.73 bits per heavy atom. The maximum atomic E-state index is 11.1. The molecule has 0 radical (unpaired) electrons.